The number of benzene rings is 2. The summed E-state index contributed by atoms with van der Waals surface area (Å²) in [6.45, 7) is 4.06. The third-order valence-corrected chi connectivity index (χ3v) is 6.52. The molecule has 1 amide bonds. The number of amides is 1. The number of hydrogen-bond donors (Lipinski definition) is 1. The van der Waals surface area contributed by atoms with E-state index in [1.54, 1.807) is 22.6 Å². The summed E-state index contributed by atoms with van der Waals surface area (Å²) in [4.78, 5) is 16.9. The van der Waals surface area contributed by atoms with Crippen LogP contribution in [0.3, 0.4) is 0 Å². The summed E-state index contributed by atoms with van der Waals surface area (Å²) in [6.07, 6.45) is 1.78. The average Bonchev–Trinajstić information content (AvgIpc) is 3.26. The highest BCUT2D eigenvalue weighted by Crippen LogP contribution is 2.23. The van der Waals surface area contributed by atoms with Crippen molar-refractivity contribution in [1.82, 2.24) is 25.2 Å². The van der Waals surface area contributed by atoms with Crippen LogP contribution in [0.5, 0.6) is 0 Å². The van der Waals surface area contributed by atoms with E-state index in [1.807, 2.05) is 68.4 Å². The quantitative estimate of drug-likeness (QED) is 0.380. The Morgan fingerprint density at radius 3 is 2.75 bits per heavy atom. The number of nitrogens with zero attached hydrogens (tertiary/aromatic N) is 5. The molecule has 0 spiro atoms. The van der Waals surface area contributed by atoms with Crippen molar-refractivity contribution in [3.05, 3.63) is 83.6 Å². The molecule has 32 heavy (non-hydrogen) atoms. The number of aromatic nitrogens is 5. The summed E-state index contributed by atoms with van der Waals surface area (Å²) in [5.41, 5.74) is 5.03. The van der Waals surface area contributed by atoms with Gasteiger partial charge in [-0.25, -0.2) is 4.98 Å². The van der Waals surface area contributed by atoms with Crippen LogP contribution in [0.25, 0.3) is 5.69 Å². The summed E-state index contributed by atoms with van der Waals surface area (Å²) in [5.74, 6) is 0.873. The molecule has 0 aliphatic rings. The fourth-order valence-corrected chi connectivity index (χ4v) is 4.61. The molecule has 0 aliphatic carbocycles. The average molecular weight is 463 g/mol. The van der Waals surface area contributed by atoms with Gasteiger partial charge < -0.3 is 5.32 Å². The molecule has 2 aromatic heterocycles. The highest BCUT2D eigenvalue weighted by atomic mass is 32.2. The van der Waals surface area contributed by atoms with E-state index in [2.05, 4.69) is 31.9 Å². The zero-order chi connectivity index (χ0) is 22.3. The lowest BCUT2D eigenvalue weighted by Crippen LogP contribution is -2.14. The summed E-state index contributed by atoms with van der Waals surface area (Å²) in [5, 5.41) is 16.5. The molecule has 9 heteroatoms. The Kier molecular flexibility index (Phi) is 7.18. The van der Waals surface area contributed by atoms with E-state index in [0.29, 0.717) is 5.16 Å². The highest BCUT2D eigenvalue weighted by Gasteiger charge is 2.13. The van der Waals surface area contributed by atoms with Crippen LogP contribution in [-0.4, -0.2) is 36.9 Å². The lowest BCUT2D eigenvalue weighted by molar-refractivity contribution is -0.113. The van der Waals surface area contributed by atoms with Gasteiger partial charge in [-0.3, -0.25) is 4.79 Å². The molecule has 0 saturated heterocycles. The van der Waals surface area contributed by atoms with Crippen LogP contribution in [0.4, 0.5) is 5.69 Å². The first-order chi connectivity index (χ1) is 15.6. The molecule has 2 heterocycles. The molecule has 0 saturated carbocycles. The molecule has 0 fully saturated rings. The van der Waals surface area contributed by atoms with Crippen LogP contribution in [-0.2, 0) is 10.5 Å². The molecule has 0 unspecified atom stereocenters. The summed E-state index contributed by atoms with van der Waals surface area (Å²) in [7, 11) is 0. The van der Waals surface area contributed by atoms with Gasteiger partial charge in [-0.05, 0) is 65.7 Å². The second-order valence-corrected chi connectivity index (χ2v) is 9.10. The fraction of sp³-hybridized carbons (Fsp3) is 0.174. The molecule has 7 nitrogen and oxygen atoms in total. The van der Waals surface area contributed by atoms with Crippen molar-refractivity contribution in [2.75, 3.05) is 11.1 Å². The first-order valence-corrected chi connectivity index (χ1v) is 12.0. The topological polar surface area (TPSA) is 85.6 Å². The minimum Gasteiger partial charge on any atom is -0.325 e. The Morgan fingerprint density at radius 1 is 1.03 bits per heavy atom. The van der Waals surface area contributed by atoms with Crippen LogP contribution >= 0.6 is 23.5 Å². The second kappa shape index (κ2) is 10.4. The fourth-order valence-electron chi connectivity index (χ4n) is 3.12. The van der Waals surface area contributed by atoms with Crippen LogP contribution in [0.1, 0.15) is 16.7 Å². The number of carbonyl (C=O) groups excluding carboxylic acids is 1. The molecule has 162 valence electrons. The minimum atomic E-state index is -0.111. The number of nitrogens with one attached hydrogen (secondary N) is 1. The standard InChI is InChI=1S/C23H22N6OS2/c1-16-9-10-20(17(2)12-16)29-23(26-27-28-29)32-15-21(30)25-19-7-5-6-18(13-19)14-31-22-8-3-4-11-24-22/h3-13H,14-15H2,1-2H3,(H,25,30). The highest BCUT2D eigenvalue weighted by molar-refractivity contribution is 7.99. The van der Waals surface area contributed by atoms with Crippen LogP contribution in [0.15, 0.2) is 77.0 Å². The van der Waals surface area contributed by atoms with Crippen LogP contribution < -0.4 is 5.32 Å². The number of aryl methyl sites for hydroxylation is 2. The predicted octanol–water partition coefficient (Wildman–Crippen LogP) is 4.70. The maximum absolute atomic E-state index is 12.5. The lowest BCUT2D eigenvalue weighted by atomic mass is 10.1. The second-order valence-electron chi connectivity index (χ2n) is 7.16. The van der Waals surface area contributed by atoms with Gasteiger partial charge in [0.1, 0.15) is 0 Å². The van der Waals surface area contributed by atoms with Gasteiger partial charge in [0.15, 0.2) is 0 Å². The normalized spacial score (nSPS) is 10.8. The van der Waals surface area contributed by atoms with Gasteiger partial charge in [-0.15, -0.1) is 16.9 Å². The maximum Gasteiger partial charge on any atom is 0.234 e. The molecule has 4 rings (SSSR count). The van der Waals surface area contributed by atoms with Crippen LogP contribution in [0, 0.1) is 13.8 Å². The molecule has 1 N–H and O–H groups in total. The molecule has 0 atom stereocenters. The number of tetrazole rings is 1. The molecule has 0 aliphatic heterocycles. The van der Waals surface area contributed by atoms with Crippen molar-refractivity contribution in [3.63, 3.8) is 0 Å². The van der Waals surface area contributed by atoms with Gasteiger partial charge in [0.25, 0.3) is 0 Å². The van der Waals surface area contributed by atoms with Crippen molar-refractivity contribution in [3.8, 4) is 5.69 Å². The monoisotopic (exact) mass is 462 g/mol. The van der Waals surface area contributed by atoms with E-state index >= 15 is 0 Å². The third kappa shape index (κ3) is 5.74. The van der Waals surface area contributed by atoms with Gasteiger partial charge in [-0.1, -0.05) is 47.7 Å². The molecular formula is C23H22N6OS2. The van der Waals surface area contributed by atoms with E-state index in [1.165, 1.54) is 17.3 Å². The van der Waals surface area contributed by atoms with E-state index < -0.39 is 0 Å². The zero-order valence-corrected chi connectivity index (χ0v) is 19.4. The van der Waals surface area contributed by atoms with Crippen molar-refractivity contribution in [2.24, 2.45) is 0 Å². The number of hydrogen-bond acceptors (Lipinski definition) is 7. The van der Waals surface area contributed by atoms with Gasteiger partial charge >= 0.3 is 0 Å². The van der Waals surface area contributed by atoms with Gasteiger partial charge in [-0.2, -0.15) is 4.68 Å². The van der Waals surface area contributed by atoms with Crippen molar-refractivity contribution >= 4 is 35.1 Å². The van der Waals surface area contributed by atoms with Gasteiger partial charge in [0, 0.05) is 17.6 Å². The van der Waals surface area contributed by atoms with Gasteiger partial charge in [0.05, 0.1) is 16.5 Å². The van der Waals surface area contributed by atoms with E-state index in [9.17, 15) is 4.79 Å². The molecule has 0 radical (unpaired) electrons. The van der Waals surface area contributed by atoms with E-state index in [4.69, 9.17) is 0 Å². The number of anilines is 1. The molecule has 4 aromatic rings. The lowest BCUT2D eigenvalue weighted by Gasteiger charge is -2.09. The first-order valence-electron chi connectivity index (χ1n) is 10.00. The number of carbonyl (C=O) groups is 1. The number of pyridine rings is 1. The smallest absolute Gasteiger partial charge is 0.234 e. The molecular weight excluding hydrogens is 440 g/mol. The first kappa shape index (κ1) is 22.0. The molecule has 2 aromatic carbocycles. The Labute approximate surface area is 195 Å². The van der Waals surface area contributed by atoms with Gasteiger partial charge in [0.2, 0.25) is 11.1 Å². The van der Waals surface area contributed by atoms with Crippen molar-refractivity contribution in [1.29, 1.82) is 0 Å². The van der Waals surface area contributed by atoms with E-state index in [-0.39, 0.29) is 11.7 Å². The molecule has 0 bridgehead atoms. The Hall–Kier alpha value is -3.17. The summed E-state index contributed by atoms with van der Waals surface area (Å²) < 4.78 is 1.67. The summed E-state index contributed by atoms with van der Waals surface area (Å²) >= 11 is 2.96. The van der Waals surface area contributed by atoms with E-state index in [0.717, 1.165) is 33.3 Å². The van der Waals surface area contributed by atoms with Crippen molar-refractivity contribution < 1.29 is 4.79 Å². The SMILES string of the molecule is Cc1ccc(-n2nnnc2SCC(=O)Nc2cccc(CSc3ccccn3)c2)c(C)c1. The maximum atomic E-state index is 12.5. The van der Waals surface area contributed by atoms with Crippen LogP contribution in [0.2, 0.25) is 0 Å². The Balaban J connectivity index is 1.35. The zero-order valence-electron chi connectivity index (χ0n) is 17.7. The third-order valence-electron chi connectivity index (χ3n) is 4.59. The Bertz CT molecular complexity index is 1210. The Morgan fingerprint density at radius 2 is 1.94 bits per heavy atom. The summed E-state index contributed by atoms with van der Waals surface area (Å²) in [6, 6.07) is 19.8. The largest absolute Gasteiger partial charge is 0.325 e. The van der Waals surface area contributed by atoms with Crippen molar-refractivity contribution in [2.45, 2.75) is 29.8 Å². The minimum absolute atomic E-state index is 0.111. The number of rotatable bonds is 8. The predicted molar refractivity (Wildman–Crippen MR) is 128 cm³/mol. The number of thioether (sulfide) groups is 2.